The fourth-order valence-electron chi connectivity index (χ4n) is 1.89. The fourth-order valence-corrected chi connectivity index (χ4v) is 1.89. The highest BCUT2D eigenvalue weighted by Crippen LogP contribution is 2.28. The first-order valence-corrected chi connectivity index (χ1v) is 5.28. The lowest BCUT2D eigenvalue weighted by Crippen LogP contribution is -2.12. The summed E-state index contributed by atoms with van der Waals surface area (Å²) in [5, 5.41) is 10.8. The van der Waals surface area contributed by atoms with Crippen molar-refractivity contribution in [1.82, 2.24) is 0 Å². The fraction of sp³-hybridized carbons (Fsp3) is 0.231. The second-order valence-electron chi connectivity index (χ2n) is 3.96. The molecule has 0 heterocycles. The van der Waals surface area contributed by atoms with Gasteiger partial charge in [0, 0.05) is 12.0 Å². The van der Waals surface area contributed by atoms with Crippen LogP contribution in [0, 0.1) is 16.0 Å². The van der Waals surface area contributed by atoms with Crippen LogP contribution in [-0.4, -0.2) is 4.92 Å². The van der Waals surface area contributed by atoms with Gasteiger partial charge in [0.15, 0.2) is 0 Å². The molecule has 2 atom stereocenters. The molecule has 3 heteroatoms. The molecule has 0 aromatic heterocycles. The Kier molecular flexibility index (Phi) is 2.86. The van der Waals surface area contributed by atoms with Crippen molar-refractivity contribution < 1.29 is 4.92 Å². The van der Waals surface area contributed by atoms with E-state index >= 15 is 0 Å². The molecule has 3 nitrogen and oxygen atoms in total. The Morgan fingerprint density at radius 2 is 1.88 bits per heavy atom. The molecule has 0 N–H and O–H groups in total. The zero-order valence-corrected chi connectivity index (χ0v) is 9.04. The van der Waals surface area contributed by atoms with Gasteiger partial charge in [-0.1, -0.05) is 42.5 Å². The molecule has 0 bridgehead atoms. The number of hydrogen-bond donors (Lipinski definition) is 0. The van der Waals surface area contributed by atoms with Crippen LogP contribution in [0.5, 0.6) is 0 Å². The molecule has 2 unspecified atom stereocenters. The second-order valence-corrected chi connectivity index (χ2v) is 3.96. The van der Waals surface area contributed by atoms with Crippen LogP contribution in [0.2, 0.25) is 0 Å². The maximum atomic E-state index is 10.8. The van der Waals surface area contributed by atoms with Crippen LogP contribution in [-0.2, 0) is 0 Å². The summed E-state index contributed by atoms with van der Waals surface area (Å²) in [6.45, 7) is 1.84. The maximum absolute atomic E-state index is 10.8. The smallest absolute Gasteiger partial charge is 0.249 e. The molecule has 0 spiro atoms. The predicted octanol–water partition coefficient (Wildman–Crippen LogP) is 3.14. The topological polar surface area (TPSA) is 43.1 Å². The summed E-state index contributed by atoms with van der Waals surface area (Å²) < 4.78 is 0. The minimum atomic E-state index is -0.288. The van der Waals surface area contributed by atoms with Crippen molar-refractivity contribution in [3.63, 3.8) is 0 Å². The standard InChI is InChI=1S/C13H13NO2/c1-10-7-8-12(9-13(10)14(15)16)11-5-3-2-4-6-11/h2-10,12H,1H3. The van der Waals surface area contributed by atoms with Gasteiger partial charge in [-0.2, -0.15) is 0 Å². The molecule has 0 saturated carbocycles. The second kappa shape index (κ2) is 4.31. The van der Waals surface area contributed by atoms with Gasteiger partial charge in [-0.05, 0) is 12.5 Å². The Morgan fingerprint density at radius 1 is 1.19 bits per heavy atom. The van der Waals surface area contributed by atoms with E-state index in [0.717, 1.165) is 5.56 Å². The summed E-state index contributed by atoms with van der Waals surface area (Å²) in [6, 6.07) is 9.80. The Labute approximate surface area is 94.3 Å². The first-order valence-electron chi connectivity index (χ1n) is 5.28. The van der Waals surface area contributed by atoms with E-state index in [0.29, 0.717) is 0 Å². The summed E-state index contributed by atoms with van der Waals surface area (Å²) in [6.07, 6.45) is 5.66. The van der Waals surface area contributed by atoms with E-state index in [1.54, 1.807) is 6.08 Å². The largest absolute Gasteiger partial charge is 0.259 e. The molecule has 1 aliphatic rings. The van der Waals surface area contributed by atoms with Crippen molar-refractivity contribution >= 4 is 0 Å². The highest BCUT2D eigenvalue weighted by atomic mass is 16.6. The van der Waals surface area contributed by atoms with E-state index in [2.05, 4.69) is 0 Å². The average molecular weight is 215 g/mol. The van der Waals surface area contributed by atoms with Gasteiger partial charge in [0.25, 0.3) is 0 Å². The Hall–Kier alpha value is -1.90. The molecule has 16 heavy (non-hydrogen) atoms. The monoisotopic (exact) mass is 215 g/mol. The molecular formula is C13H13NO2. The molecule has 0 amide bonds. The lowest BCUT2D eigenvalue weighted by molar-refractivity contribution is -0.432. The summed E-state index contributed by atoms with van der Waals surface area (Å²) in [7, 11) is 0. The van der Waals surface area contributed by atoms with Gasteiger partial charge in [-0.3, -0.25) is 10.1 Å². The summed E-state index contributed by atoms with van der Waals surface area (Å²) in [5.74, 6) is -0.0761. The first kappa shape index (κ1) is 10.6. The van der Waals surface area contributed by atoms with Crippen LogP contribution in [0.4, 0.5) is 0 Å². The first-order chi connectivity index (χ1) is 7.68. The molecule has 2 rings (SSSR count). The number of nitrogens with zero attached hydrogens (tertiary/aromatic N) is 1. The van der Waals surface area contributed by atoms with Gasteiger partial charge in [-0.15, -0.1) is 0 Å². The summed E-state index contributed by atoms with van der Waals surface area (Å²) >= 11 is 0. The summed E-state index contributed by atoms with van der Waals surface area (Å²) in [5.41, 5.74) is 1.38. The third-order valence-corrected chi connectivity index (χ3v) is 2.82. The SMILES string of the molecule is CC1C=CC(c2ccccc2)C=C1[N+](=O)[O-]. The van der Waals surface area contributed by atoms with Crippen molar-refractivity contribution in [2.75, 3.05) is 0 Å². The molecule has 1 aromatic carbocycles. The third-order valence-electron chi connectivity index (χ3n) is 2.82. The molecule has 0 fully saturated rings. The number of allylic oxidation sites excluding steroid dienone is 3. The van der Waals surface area contributed by atoms with Gasteiger partial charge < -0.3 is 0 Å². The molecule has 0 aliphatic heterocycles. The van der Waals surface area contributed by atoms with E-state index < -0.39 is 0 Å². The minimum Gasteiger partial charge on any atom is -0.259 e. The lowest BCUT2D eigenvalue weighted by Gasteiger charge is -2.15. The van der Waals surface area contributed by atoms with Crippen LogP contribution in [0.25, 0.3) is 0 Å². The van der Waals surface area contributed by atoms with Crippen molar-refractivity contribution in [2.24, 2.45) is 5.92 Å². The van der Waals surface area contributed by atoms with Crippen molar-refractivity contribution in [1.29, 1.82) is 0 Å². The van der Waals surface area contributed by atoms with Crippen molar-refractivity contribution in [3.8, 4) is 0 Å². The van der Waals surface area contributed by atoms with Crippen LogP contribution < -0.4 is 0 Å². The number of rotatable bonds is 2. The van der Waals surface area contributed by atoms with Gasteiger partial charge in [0.2, 0.25) is 5.70 Å². The van der Waals surface area contributed by atoms with Gasteiger partial charge >= 0.3 is 0 Å². The Balaban J connectivity index is 2.32. The normalized spacial score (nSPS) is 23.9. The van der Waals surface area contributed by atoms with Crippen molar-refractivity contribution in [3.05, 3.63) is 69.9 Å². The third kappa shape index (κ3) is 2.03. The molecule has 0 saturated heterocycles. The Morgan fingerprint density at radius 3 is 2.50 bits per heavy atom. The van der Waals surface area contributed by atoms with Gasteiger partial charge in [0.05, 0.1) is 10.8 Å². The molecule has 1 aromatic rings. The summed E-state index contributed by atoms with van der Waals surface area (Å²) in [4.78, 5) is 10.6. The van der Waals surface area contributed by atoms with E-state index in [4.69, 9.17) is 0 Å². The number of hydrogen-bond acceptors (Lipinski definition) is 2. The predicted molar refractivity (Wildman–Crippen MR) is 62.6 cm³/mol. The maximum Gasteiger partial charge on any atom is 0.249 e. The zero-order chi connectivity index (χ0) is 11.5. The highest BCUT2D eigenvalue weighted by molar-refractivity contribution is 5.33. The quantitative estimate of drug-likeness (QED) is 0.432. The zero-order valence-electron chi connectivity index (χ0n) is 9.04. The van der Waals surface area contributed by atoms with E-state index in [1.807, 2.05) is 49.4 Å². The molecule has 1 aliphatic carbocycles. The molecule has 82 valence electrons. The highest BCUT2D eigenvalue weighted by Gasteiger charge is 2.23. The Bertz CT molecular complexity index is 448. The van der Waals surface area contributed by atoms with E-state index in [9.17, 15) is 10.1 Å². The minimum absolute atomic E-state index is 0.0257. The molecule has 0 radical (unpaired) electrons. The van der Waals surface area contributed by atoms with E-state index in [1.165, 1.54) is 0 Å². The average Bonchev–Trinajstić information content (AvgIpc) is 2.30. The van der Waals surface area contributed by atoms with Crippen molar-refractivity contribution in [2.45, 2.75) is 12.8 Å². The number of benzene rings is 1. The molecular weight excluding hydrogens is 202 g/mol. The van der Waals surface area contributed by atoms with Crippen LogP contribution in [0.3, 0.4) is 0 Å². The van der Waals surface area contributed by atoms with Crippen LogP contribution in [0.1, 0.15) is 18.4 Å². The van der Waals surface area contributed by atoms with Gasteiger partial charge in [0.1, 0.15) is 0 Å². The lowest BCUT2D eigenvalue weighted by atomic mass is 9.89. The van der Waals surface area contributed by atoms with Crippen LogP contribution >= 0.6 is 0 Å². The van der Waals surface area contributed by atoms with Gasteiger partial charge in [-0.25, -0.2) is 0 Å². The number of nitro groups is 1. The van der Waals surface area contributed by atoms with E-state index in [-0.39, 0.29) is 22.5 Å². The van der Waals surface area contributed by atoms with Crippen LogP contribution in [0.15, 0.2) is 54.3 Å².